The minimum absolute atomic E-state index is 0.0427. The Balaban J connectivity index is 2.29. The molecule has 1 aromatic rings. The van der Waals surface area contributed by atoms with E-state index in [9.17, 15) is 28.3 Å². The molecule has 6 N–H and O–H groups in total. The van der Waals surface area contributed by atoms with Crippen LogP contribution in [0.5, 0.6) is 0 Å². The summed E-state index contributed by atoms with van der Waals surface area (Å²) in [6.07, 6.45) is -2.37. The van der Waals surface area contributed by atoms with Crippen LogP contribution in [0.1, 0.15) is 52.3 Å². The molecule has 5 atom stereocenters. The number of anilines is 1. The third-order valence-corrected chi connectivity index (χ3v) is 10.8. The number of rotatable bonds is 11. The molecule has 0 aliphatic carbocycles. The number of ether oxygens (including phenoxy) is 2. The number of nitrogens with zero attached hydrogens (tertiary/aromatic N) is 2. The number of phosphoric acid groups is 3. The lowest BCUT2D eigenvalue weighted by Crippen LogP contribution is -2.28. The molecule has 1 aliphatic rings. The molecular formula is C17H28N3O13P3S2. The number of aromatic nitrogens is 2. The maximum absolute atomic E-state index is 12.5. The topological polar surface area (TPSA) is 239 Å². The lowest BCUT2D eigenvalue weighted by molar-refractivity contribution is -0.141. The zero-order valence-corrected chi connectivity index (χ0v) is 24.8. The van der Waals surface area contributed by atoms with E-state index >= 15 is 0 Å². The van der Waals surface area contributed by atoms with E-state index in [2.05, 4.69) is 25.4 Å². The third-order valence-electron chi connectivity index (χ3n) is 4.01. The second-order valence-corrected chi connectivity index (χ2v) is 15.9. The number of nitrogen functional groups attached to an aromatic ring is 1. The van der Waals surface area contributed by atoms with Gasteiger partial charge < -0.3 is 34.8 Å². The van der Waals surface area contributed by atoms with Crippen LogP contribution in [0, 0.1) is 11.8 Å². The van der Waals surface area contributed by atoms with E-state index in [-0.39, 0.29) is 28.5 Å². The van der Waals surface area contributed by atoms with Crippen LogP contribution in [0.15, 0.2) is 11.0 Å². The van der Waals surface area contributed by atoms with Gasteiger partial charge in [-0.1, -0.05) is 61.1 Å². The van der Waals surface area contributed by atoms with Gasteiger partial charge in [-0.25, -0.2) is 18.5 Å². The number of phosphoric ester groups is 1. The molecule has 0 bridgehead atoms. The third kappa shape index (κ3) is 11.4. The minimum Gasteiger partial charge on any atom is -0.382 e. The van der Waals surface area contributed by atoms with Crippen molar-refractivity contribution in [3.05, 3.63) is 22.2 Å². The Bertz CT molecular complexity index is 1260. The molecule has 216 valence electrons. The molecule has 21 heteroatoms. The highest BCUT2D eigenvalue weighted by atomic mass is 33.1. The fourth-order valence-corrected chi connectivity index (χ4v) is 7.85. The first kappa shape index (κ1) is 33.5. The molecule has 0 amide bonds. The molecule has 0 saturated carbocycles. The number of nitrogens with two attached hydrogens (primary N) is 1. The molecule has 2 heterocycles. The van der Waals surface area contributed by atoms with Gasteiger partial charge in [-0.2, -0.15) is 13.6 Å². The van der Waals surface area contributed by atoms with Crippen molar-refractivity contribution in [2.24, 2.45) is 0 Å². The summed E-state index contributed by atoms with van der Waals surface area (Å²) in [5.41, 5.74) is 5.15. The molecule has 1 fully saturated rings. The molecule has 38 heavy (non-hydrogen) atoms. The maximum atomic E-state index is 12.5. The molecule has 1 saturated heterocycles. The van der Waals surface area contributed by atoms with E-state index in [0.717, 1.165) is 4.57 Å². The van der Waals surface area contributed by atoms with Crippen LogP contribution in [0.2, 0.25) is 0 Å². The van der Waals surface area contributed by atoms with Gasteiger partial charge in [0.15, 0.2) is 6.29 Å². The molecule has 1 aliphatic heterocycles. The second-order valence-electron chi connectivity index (χ2n) is 8.41. The molecule has 3 unspecified atom stereocenters. The SMILES string of the molecule is CCC#Cc1cn([C@H]2CC(OCSSC(C)(C)C)[C@@H](OP(=O)(O)OP(=O)(O)OP(=O)(O)O)O2)c(=O)nc1N. The average molecular weight is 639 g/mol. The summed E-state index contributed by atoms with van der Waals surface area (Å²) in [7, 11) is -14.1. The van der Waals surface area contributed by atoms with E-state index < -0.39 is 47.8 Å². The summed E-state index contributed by atoms with van der Waals surface area (Å²) in [6.45, 7) is 7.71. The number of hydrogen-bond acceptors (Lipinski definition) is 13. The van der Waals surface area contributed by atoms with Gasteiger partial charge in [0.05, 0.1) is 5.56 Å². The van der Waals surface area contributed by atoms with Crippen LogP contribution in [0.4, 0.5) is 5.82 Å². The quantitative estimate of drug-likeness (QED) is 0.0768. The Morgan fingerprint density at radius 3 is 2.45 bits per heavy atom. The lowest BCUT2D eigenvalue weighted by atomic mass is 10.2. The Hall–Kier alpha value is -0.730. The van der Waals surface area contributed by atoms with E-state index in [1.807, 2.05) is 20.8 Å². The van der Waals surface area contributed by atoms with Crippen molar-refractivity contribution in [3.8, 4) is 11.8 Å². The maximum Gasteiger partial charge on any atom is 0.490 e. The van der Waals surface area contributed by atoms with Crippen molar-refractivity contribution in [1.29, 1.82) is 0 Å². The smallest absolute Gasteiger partial charge is 0.382 e. The van der Waals surface area contributed by atoms with Crippen LogP contribution in [0.3, 0.4) is 0 Å². The van der Waals surface area contributed by atoms with Crippen LogP contribution in [-0.2, 0) is 36.3 Å². The zero-order valence-electron chi connectivity index (χ0n) is 20.5. The van der Waals surface area contributed by atoms with Crippen LogP contribution >= 0.6 is 45.1 Å². The van der Waals surface area contributed by atoms with Crippen molar-refractivity contribution in [2.45, 2.75) is 63.9 Å². The average Bonchev–Trinajstić information content (AvgIpc) is 3.08. The first-order valence-electron chi connectivity index (χ1n) is 10.6. The predicted molar refractivity (Wildman–Crippen MR) is 138 cm³/mol. The standard InChI is InChI=1S/C17H28N3O13P3S2/c1-5-6-7-11-9-20(16(21)19-14(11)18)13-8-12(29-10-37-38-17(2,3)4)15(30-13)31-35(25,26)33-36(27,28)32-34(22,23)24/h9,12-13,15H,5,8,10H2,1-4H3,(H,25,26)(H,27,28)(H2,18,19,21)(H2,22,23,24)/t12?,13-,15-/m1/s1. The molecule has 16 nitrogen and oxygen atoms in total. The Morgan fingerprint density at radius 1 is 1.21 bits per heavy atom. The van der Waals surface area contributed by atoms with Crippen molar-refractivity contribution in [1.82, 2.24) is 9.55 Å². The van der Waals surface area contributed by atoms with Gasteiger partial charge in [0.25, 0.3) is 0 Å². The summed E-state index contributed by atoms with van der Waals surface area (Å²) >= 11 is 0. The van der Waals surface area contributed by atoms with E-state index in [1.54, 1.807) is 6.92 Å². The molecular weight excluding hydrogens is 611 g/mol. The monoisotopic (exact) mass is 639 g/mol. The summed E-state index contributed by atoms with van der Waals surface area (Å²) in [6, 6.07) is 0. The van der Waals surface area contributed by atoms with Gasteiger partial charge in [-0.15, -0.1) is 0 Å². The van der Waals surface area contributed by atoms with Crippen molar-refractivity contribution < 1.29 is 55.9 Å². The molecule has 0 aromatic carbocycles. The van der Waals surface area contributed by atoms with Gasteiger partial charge in [0.2, 0.25) is 0 Å². The van der Waals surface area contributed by atoms with Gasteiger partial charge in [0.1, 0.15) is 24.1 Å². The van der Waals surface area contributed by atoms with Gasteiger partial charge in [-0.3, -0.25) is 9.09 Å². The summed E-state index contributed by atoms with van der Waals surface area (Å²) in [4.78, 5) is 53.0. The first-order chi connectivity index (χ1) is 17.3. The highest BCUT2D eigenvalue weighted by Crippen LogP contribution is 2.67. The predicted octanol–water partition coefficient (Wildman–Crippen LogP) is 2.70. The zero-order chi connectivity index (χ0) is 28.9. The van der Waals surface area contributed by atoms with Gasteiger partial charge in [0, 0.05) is 23.8 Å². The first-order valence-corrected chi connectivity index (χ1v) is 17.4. The fraction of sp³-hybridized carbons (Fsp3) is 0.647. The van der Waals surface area contributed by atoms with Crippen LogP contribution < -0.4 is 11.4 Å². The fourth-order valence-electron chi connectivity index (χ4n) is 2.74. The number of hydrogen-bond donors (Lipinski definition) is 5. The lowest BCUT2D eigenvalue weighted by Gasteiger charge is -2.23. The molecule has 2 rings (SSSR count). The second kappa shape index (κ2) is 13.3. The molecule has 0 spiro atoms. The van der Waals surface area contributed by atoms with Crippen LogP contribution in [0.25, 0.3) is 0 Å². The summed E-state index contributed by atoms with van der Waals surface area (Å²) in [5, 5.41) is 0. The van der Waals surface area contributed by atoms with E-state index in [0.29, 0.717) is 6.42 Å². The Labute approximate surface area is 225 Å². The Morgan fingerprint density at radius 2 is 1.87 bits per heavy atom. The summed E-state index contributed by atoms with van der Waals surface area (Å²) < 4.78 is 59.5. The van der Waals surface area contributed by atoms with E-state index in [4.69, 9.17) is 29.5 Å². The molecule has 1 aromatic heterocycles. The van der Waals surface area contributed by atoms with Crippen molar-refractivity contribution in [3.63, 3.8) is 0 Å². The van der Waals surface area contributed by atoms with Gasteiger partial charge >= 0.3 is 29.2 Å². The van der Waals surface area contributed by atoms with Crippen LogP contribution in [-0.4, -0.2) is 52.2 Å². The van der Waals surface area contributed by atoms with E-state index in [1.165, 1.54) is 27.8 Å². The largest absolute Gasteiger partial charge is 0.490 e. The van der Waals surface area contributed by atoms with Gasteiger partial charge in [-0.05, 0) is 0 Å². The Kier molecular flexibility index (Phi) is 11.7. The summed E-state index contributed by atoms with van der Waals surface area (Å²) in [5.74, 6) is 5.47. The normalized spacial score (nSPS) is 23.3. The minimum atomic E-state index is -5.76. The molecule has 0 radical (unpaired) electrons. The van der Waals surface area contributed by atoms with Crippen molar-refractivity contribution >= 4 is 50.9 Å². The highest BCUT2D eigenvalue weighted by Gasteiger charge is 2.47. The van der Waals surface area contributed by atoms with Crippen molar-refractivity contribution in [2.75, 3.05) is 11.7 Å². The highest BCUT2D eigenvalue weighted by molar-refractivity contribution is 8.77.